The monoisotopic (exact) mass is 354 g/mol. The van der Waals surface area contributed by atoms with Crippen molar-refractivity contribution in [2.45, 2.75) is 13.5 Å². The topological polar surface area (TPSA) is 61.2 Å². The van der Waals surface area contributed by atoms with Crippen LogP contribution in [-0.2, 0) is 6.54 Å². The number of halogens is 1. The summed E-state index contributed by atoms with van der Waals surface area (Å²) in [5, 5.41) is 4.68. The van der Waals surface area contributed by atoms with E-state index in [0.29, 0.717) is 10.8 Å². The average molecular weight is 355 g/mol. The van der Waals surface area contributed by atoms with E-state index >= 15 is 0 Å². The van der Waals surface area contributed by atoms with E-state index in [-0.39, 0.29) is 17.8 Å². The fraction of sp³-hybridized carbons (Fsp3) is 0.105. The lowest BCUT2D eigenvalue weighted by Gasteiger charge is -2.09. The van der Waals surface area contributed by atoms with Crippen LogP contribution in [0.3, 0.4) is 0 Å². The number of aromatic nitrogens is 2. The van der Waals surface area contributed by atoms with Crippen LogP contribution in [0.5, 0.6) is 5.75 Å². The number of carbonyl (C=O) groups is 1. The highest BCUT2D eigenvalue weighted by atomic mass is 35.5. The second-order valence-corrected chi connectivity index (χ2v) is 5.94. The zero-order chi connectivity index (χ0) is 17.8. The van der Waals surface area contributed by atoms with E-state index in [1.807, 2.05) is 30.3 Å². The molecule has 25 heavy (non-hydrogen) atoms. The largest absolute Gasteiger partial charge is 0.421 e. The van der Waals surface area contributed by atoms with Gasteiger partial charge in [0.05, 0.1) is 6.54 Å². The van der Waals surface area contributed by atoms with Crippen molar-refractivity contribution in [1.82, 2.24) is 9.78 Å². The maximum absolute atomic E-state index is 12.3. The van der Waals surface area contributed by atoms with Crippen molar-refractivity contribution in [3.8, 4) is 5.75 Å². The third-order valence-corrected chi connectivity index (χ3v) is 3.83. The van der Waals surface area contributed by atoms with Gasteiger partial charge in [0, 0.05) is 11.1 Å². The first kappa shape index (κ1) is 16.9. The molecule has 1 heterocycles. The van der Waals surface area contributed by atoms with Gasteiger partial charge in [0.25, 0.3) is 5.56 Å². The van der Waals surface area contributed by atoms with Gasteiger partial charge in [-0.05, 0) is 42.3 Å². The summed E-state index contributed by atoms with van der Waals surface area (Å²) >= 11 is 5.89. The predicted molar refractivity (Wildman–Crippen MR) is 95.2 cm³/mol. The van der Waals surface area contributed by atoms with Gasteiger partial charge in [-0.1, -0.05) is 41.9 Å². The summed E-state index contributed by atoms with van der Waals surface area (Å²) in [6.07, 6.45) is 0. The van der Waals surface area contributed by atoms with Crippen LogP contribution in [0.15, 0.2) is 65.5 Å². The van der Waals surface area contributed by atoms with E-state index in [1.54, 1.807) is 25.1 Å². The molecular formula is C19H15ClN2O3. The van der Waals surface area contributed by atoms with Gasteiger partial charge < -0.3 is 4.74 Å². The van der Waals surface area contributed by atoms with Crippen LogP contribution in [0.25, 0.3) is 0 Å². The molecule has 3 rings (SSSR count). The minimum absolute atomic E-state index is 0.0601. The first-order valence-electron chi connectivity index (χ1n) is 7.63. The summed E-state index contributed by atoms with van der Waals surface area (Å²) in [5.74, 6) is -0.232. The van der Waals surface area contributed by atoms with Crippen molar-refractivity contribution >= 4 is 17.6 Å². The molecule has 126 valence electrons. The molecule has 0 aliphatic rings. The molecule has 0 saturated carbocycles. The van der Waals surface area contributed by atoms with Crippen molar-refractivity contribution in [2.75, 3.05) is 0 Å². The van der Waals surface area contributed by atoms with Gasteiger partial charge in [0.15, 0.2) is 5.69 Å². The highest BCUT2D eigenvalue weighted by Gasteiger charge is 2.14. The van der Waals surface area contributed by atoms with Crippen molar-refractivity contribution < 1.29 is 9.53 Å². The third-order valence-electron chi connectivity index (χ3n) is 3.59. The second-order valence-electron chi connectivity index (χ2n) is 5.50. The van der Waals surface area contributed by atoms with E-state index < -0.39 is 5.97 Å². The molecule has 0 radical (unpaired) electrons. The highest BCUT2D eigenvalue weighted by Crippen LogP contribution is 2.22. The van der Waals surface area contributed by atoms with E-state index in [2.05, 4.69) is 5.10 Å². The van der Waals surface area contributed by atoms with Crippen LogP contribution in [0.1, 0.15) is 21.6 Å². The molecule has 0 fully saturated rings. The van der Waals surface area contributed by atoms with E-state index in [1.165, 1.54) is 16.8 Å². The number of ether oxygens (including phenoxy) is 1. The molecule has 0 saturated heterocycles. The maximum atomic E-state index is 12.3. The summed E-state index contributed by atoms with van der Waals surface area (Å²) in [5.41, 5.74) is 1.42. The van der Waals surface area contributed by atoms with Crippen LogP contribution >= 0.6 is 11.6 Å². The molecule has 0 unspecified atom stereocenters. The second kappa shape index (κ2) is 7.32. The lowest BCUT2D eigenvalue weighted by Crippen LogP contribution is -2.26. The van der Waals surface area contributed by atoms with Crippen LogP contribution < -0.4 is 10.3 Å². The Balaban J connectivity index is 1.83. The van der Waals surface area contributed by atoms with Crippen LogP contribution in [-0.4, -0.2) is 15.7 Å². The number of rotatable bonds is 4. The van der Waals surface area contributed by atoms with Crippen LogP contribution in [0, 0.1) is 6.92 Å². The van der Waals surface area contributed by atoms with Crippen molar-refractivity contribution in [1.29, 1.82) is 0 Å². The van der Waals surface area contributed by atoms with Gasteiger partial charge in [0.2, 0.25) is 0 Å². The Morgan fingerprint density at radius 2 is 1.88 bits per heavy atom. The predicted octanol–water partition coefficient (Wildman–Crippen LogP) is 3.47. The van der Waals surface area contributed by atoms with Gasteiger partial charge in [-0.2, -0.15) is 5.10 Å². The molecule has 0 aliphatic heterocycles. The Hall–Kier alpha value is -2.92. The molecule has 0 N–H and O–H groups in total. The minimum Gasteiger partial charge on any atom is -0.421 e. The normalized spacial score (nSPS) is 10.5. The summed E-state index contributed by atoms with van der Waals surface area (Å²) in [4.78, 5) is 24.3. The molecule has 5 nitrogen and oxygen atoms in total. The first-order chi connectivity index (χ1) is 12.0. The molecule has 1 aromatic heterocycles. The highest BCUT2D eigenvalue weighted by molar-refractivity contribution is 6.30. The Kier molecular flexibility index (Phi) is 4.95. The Bertz CT molecular complexity index is 968. The smallest absolute Gasteiger partial charge is 0.364 e. The zero-order valence-corrected chi connectivity index (χ0v) is 14.2. The fourth-order valence-corrected chi connectivity index (χ4v) is 2.53. The maximum Gasteiger partial charge on any atom is 0.364 e. The summed E-state index contributed by atoms with van der Waals surface area (Å²) in [7, 11) is 0. The molecule has 0 aliphatic carbocycles. The number of nitrogens with zero attached hydrogens (tertiary/aromatic N) is 2. The number of carbonyl (C=O) groups excluding carboxylic acids is 1. The molecular weight excluding hydrogens is 340 g/mol. The summed E-state index contributed by atoms with van der Waals surface area (Å²) in [6.45, 7) is 2.07. The van der Waals surface area contributed by atoms with Crippen LogP contribution in [0.2, 0.25) is 5.02 Å². The summed E-state index contributed by atoms with van der Waals surface area (Å²) in [6, 6.07) is 17.0. The zero-order valence-electron chi connectivity index (χ0n) is 13.5. The quantitative estimate of drug-likeness (QED) is 0.531. The molecule has 6 heteroatoms. The number of benzene rings is 2. The van der Waals surface area contributed by atoms with Gasteiger partial charge in [-0.25, -0.2) is 9.48 Å². The molecule has 0 amide bonds. The van der Waals surface area contributed by atoms with E-state index in [4.69, 9.17) is 16.3 Å². The standard InChI is InChI=1S/C19H15ClN2O3/c1-13-11-15(20)7-9-17(13)25-19(24)16-8-10-18(23)22(21-16)12-14-5-3-2-4-6-14/h2-11H,12H2,1H3. The van der Waals surface area contributed by atoms with E-state index in [0.717, 1.165) is 11.1 Å². The van der Waals surface area contributed by atoms with Gasteiger partial charge >= 0.3 is 5.97 Å². The molecule has 3 aromatic rings. The fourth-order valence-electron chi connectivity index (χ4n) is 2.31. The Morgan fingerprint density at radius 1 is 1.12 bits per heavy atom. The van der Waals surface area contributed by atoms with Gasteiger partial charge in [0.1, 0.15) is 5.75 Å². The molecule has 0 bridgehead atoms. The lowest BCUT2D eigenvalue weighted by atomic mass is 10.2. The van der Waals surface area contributed by atoms with Crippen molar-refractivity contribution in [3.63, 3.8) is 0 Å². The van der Waals surface area contributed by atoms with Crippen LogP contribution in [0.4, 0.5) is 0 Å². The van der Waals surface area contributed by atoms with Gasteiger partial charge in [-0.15, -0.1) is 0 Å². The van der Waals surface area contributed by atoms with Crippen molar-refractivity contribution in [2.24, 2.45) is 0 Å². The Morgan fingerprint density at radius 3 is 2.60 bits per heavy atom. The minimum atomic E-state index is -0.632. The number of hydrogen-bond acceptors (Lipinski definition) is 4. The number of esters is 1. The molecule has 0 atom stereocenters. The Labute approximate surface area is 149 Å². The van der Waals surface area contributed by atoms with Crippen molar-refractivity contribution in [3.05, 3.63) is 92.9 Å². The average Bonchev–Trinajstić information content (AvgIpc) is 2.60. The molecule has 2 aromatic carbocycles. The first-order valence-corrected chi connectivity index (χ1v) is 8.01. The number of aryl methyl sites for hydroxylation is 1. The SMILES string of the molecule is Cc1cc(Cl)ccc1OC(=O)c1ccc(=O)n(Cc2ccccc2)n1. The third kappa shape index (κ3) is 4.14. The number of hydrogen-bond donors (Lipinski definition) is 0. The van der Waals surface area contributed by atoms with E-state index in [9.17, 15) is 9.59 Å². The summed E-state index contributed by atoms with van der Waals surface area (Å²) < 4.78 is 6.59. The van der Waals surface area contributed by atoms with Gasteiger partial charge in [-0.3, -0.25) is 4.79 Å². The lowest BCUT2D eigenvalue weighted by molar-refractivity contribution is 0.0724. The molecule has 0 spiro atoms.